The standard InChI is InChI=1S/C9H8N5O4S/c1-18-8(15)6-4-2-3-5-7(6)19(16,17)12-9-10-13-14-11-9/h2-5H,1H3,(H-,10,11,12,13,14)/q-1. The molecule has 0 aliphatic rings. The van der Waals surface area contributed by atoms with Crippen molar-refractivity contribution in [2.75, 3.05) is 7.11 Å². The molecule has 0 amide bonds. The third kappa shape index (κ3) is 2.68. The summed E-state index contributed by atoms with van der Waals surface area (Å²) in [6.07, 6.45) is 0. The molecule has 1 heterocycles. The summed E-state index contributed by atoms with van der Waals surface area (Å²) < 4.78 is 31.9. The van der Waals surface area contributed by atoms with Crippen LogP contribution in [0.3, 0.4) is 0 Å². The molecule has 0 spiro atoms. The number of sulfonamides is 1. The number of methoxy groups -OCH3 is 1. The molecule has 2 aromatic rings. The second-order valence-electron chi connectivity index (χ2n) is 3.27. The van der Waals surface area contributed by atoms with Crippen molar-refractivity contribution >= 4 is 21.9 Å². The summed E-state index contributed by atoms with van der Waals surface area (Å²) >= 11 is 0. The number of carbonyl (C=O) groups excluding carboxylic acids is 1. The summed E-state index contributed by atoms with van der Waals surface area (Å²) in [6, 6.07) is 5.54. The molecular formula is C9H8N5O4S-. The van der Waals surface area contributed by atoms with E-state index in [2.05, 4.69) is 30.1 Å². The van der Waals surface area contributed by atoms with Gasteiger partial charge in [0, 0.05) is 0 Å². The molecule has 0 unspecified atom stereocenters. The maximum absolute atomic E-state index is 12.0. The average molecular weight is 282 g/mol. The molecule has 0 saturated heterocycles. The molecule has 10 heteroatoms. The Morgan fingerprint density at radius 1 is 1.37 bits per heavy atom. The van der Waals surface area contributed by atoms with Gasteiger partial charge in [0.2, 0.25) is 10.0 Å². The fourth-order valence-corrected chi connectivity index (χ4v) is 2.39. The Kier molecular flexibility index (Phi) is 3.42. The number of nitrogens with zero attached hydrogens (tertiary/aromatic N) is 4. The number of nitrogens with one attached hydrogen (secondary N) is 1. The summed E-state index contributed by atoms with van der Waals surface area (Å²) in [5, 5.41) is 12.1. The SMILES string of the molecule is COC(=O)c1ccccc1S(=O)(=O)[N-]c1nn[nH]n1. The van der Waals surface area contributed by atoms with Gasteiger partial charge < -0.3 is 4.74 Å². The van der Waals surface area contributed by atoms with E-state index in [1.807, 2.05) is 0 Å². The van der Waals surface area contributed by atoms with Gasteiger partial charge in [-0.05, 0) is 12.1 Å². The molecule has 100 valence electrons. The van der Waals surface area contributed by atoms with Crippen molar-refractivity contribution in [3.8, 4) is 0 Å². The van der Waals surface area contributed by atoms with Crippen molar-refractivity contribution in [3.63, 3.8) is 0 Å². The summed E-state index contributed by atoms with van der Waals surface area (Å²) in [5.74, 6) is -1.12. The Bertz CT molecular complexity index is 682. The van der Waals surface area contributed by atoms with Crippen LogP contribution in [0.4, 0.5) is 5.95 Å². The van der Waals surface area contributed by atoms with Crippen molar-refractivity contribution in [2.24, 2.45) is 0 Å². The Morgan fingerprint density at radius 2 is 2.11 bits per heavy atom. The number of benzene rings is 1. The van der Waals surface area contributed by atoms with Crippen LogP contribution in [-0.2, 0) is 14.8 Å². The van der Waals surface area contributed by atoms with Crippen LogP contribution in [0.5, 0.6) is 0 Å². The van der Waals surface area contributed by atoms with Gasteiger partial charge in [0.1, 0.15) is 0 Å². The summed E-state index contributed by atoms with van der Waals surface area (Å²) in [5.41, 5.74) is -0.114. The topological polar surface area (TPSA) is 129 Å². The molecule has 1 aromatic carbocycles. The van der Waals surface area contributed by atoms with Crippen LogP contribution in [-0.4, -0.2) is 42.1 Å². The molecule has 0 saturated carbocycles. The van der Waals surface area contributed by atoms with E-state index in [1.165, 1.54) is 24.3 Å². The maximum atomic E-state index is 12.0. The molecule has 1 aromatic heterocycles. The van der Waals surface area contributed by atoms with Crippen molar-refractivity contribution < 1.29 is 17.9 Å². The van der Waals surface area contributed by atoms with E-state index in [9.17, 15) is 13.2 Å². The number of carbonyl (C=O) groups is 1. The largest absolute Gasteiger partial charge is 0.465 e. The minimum Gasteiger partial charge on any atom is -0.465 e. The zero-order valence-corrected chi connectivity index (χ0v) is 10.5. The molecule has 0 aliphatic heterocycles. The van der Waals surface area contributed by atoms with Crippen molar-refractivity contribution in [2.45, 2.75) is 4.90 Å². The Balaban J connectivity index is 2.43. The van der Waals surface area contributed by atoms with Crippen LogP contribution in [0.25, 0.3) is 4.72 Å². The lowest BCUT2D eigenvalue weighted by Crippen LogP contribution is -2.09. The quantitative estimate of drug-likeness (QED) is 0.802. The molecule has 19 heavy (non-hydrogen) atoms. The van der Waals surface area contributed by atoms with Gasteiger partial charge in [-0.15, -0.1) is 5.21 Å². The number of ether oxygens (including phenoxy) is 1. The Labute approximate surface area is 108 Å². The molecule has 1 N–H and O–H groups in total. The minimum atomic E-state index is -4.13. The number of hydrogen-bond acceptors (Lipinski definition) is 7. The monoisotopic (exact) mass is 282 g/mol. The van der Waals surface area contributed by atoms with Crippen LogP contribution in [0.2, 0.25) is 0 Å². The third-order valence-corrected chi connectivity index (χ3v) is 3.42. The minimum absolute atomic E-state index is 0.114. The summed E-state index contributed by atoms with van der Waals surface area (Å²) in [6.45, 7) is 0. The van der Waals surface area contributed by atoms with Crippen LogP contribution in [0, 0.1) is 0 Å². The number of rotatable bonds is 4. The predicted octanol–water partition coefficient (Wildman–Crippen LogP) is 0.380. The zero-order chi connectivity index (χ0) is 13.9. The normalized spacial score (nSPS) is 11.0. The highest BCUT2D eigenvalue weighted by Gasteiger charge is 2.21. The highest BCUT2D eigenvalue weighted by atomic mass is 32.2. The smallest absolute Gasteiger partial charge is 0.339 e. The van der Waals surface area contributed by atoms with E-state index >= 15 is 0 Å². The first-order valence-corrected chi connectivity index (χ1v) is 6.37. The number of tetrazole rings is 1. The molecule has 0 bridgehead atoms. The van der Waals surface area contributed by atoms with Crippen molar-refractivity contribution in [3.05, 3.63) is 34.6 Å². The van der Waals surface area contributed by atoms with E-state index in [-0.39, 0.29) is 16.4 Å². The van der Waals surface area contributed by atoms with E-state index < -0.39 is 16.0 Å². The molecular weight excluding hydrogens is 274 g/mol. The van der Waals surface area contributed by atoms with Gasteiger partial charge in [-0.2, -0.15) is 0 Å². The fourth-order valence-electron chi connectivity index (χ4n) is 1.32. The molecule has 2 rings (SSSR count). The lowest BCUT2D eigenvalue weighted by atomic mass is 10.2. The Morgan fingerprint density at radius 3 is 2.74 bits per heavy atom. The van der Waals surface area contributed by atoms with Gasteiger partial charge in [-0.25, -0.2) is 13.2 Å². The number of aromatic nitrogens is 4. The fraction of sp³-hybridized carbons (Fsp3) is 0.111. The molecule has 0 aliphatic carbocycles. The van der Waals surface area contributed by atoms with Gasteiger partial charge in [-0.1, -0.05) is 12.1 Å². The number of hydrogen-bond donors (Lipinski definition) is 1. The van der Waals surface area contributed by atoms with E-state index in [0.29, 0.717) is 0 Å². The molecule has 0 fully saturated rings. The summed E-state index contributed by atoms with van der Waals surface area (Å²) in [4.78, 5) is 11.2. The van der Waals surface area contributed by atoms with Gasteiger partial charge in [0.25, 0.3) is 0 Å². The number of aromatic amines is 1. The molecule has 0 atom stereocenters. The Hall–Kier alpha value is -2.49. The van der Waals surface area contributed by atoms with Crippen LogP contribution >= 0.6 is 0 Å². The first kappa shape index (κ1) is 13.0. The highest BCUT2D eigenvalue weighted by Crippen LogP contribution is 2.26. The van der Waals surface area contributed by atoms with E-state index in [1.54, 1.807) is 0 Å². The molecule has 9 nitrogen and oxygen atoms in total. The lowest BCUT2D eigenvalue weighted by Gasteiger charge is -2.11. The van der Waals surface area contributed by atoms with Gasteiger partial charge >= 0.3 is 5.97 Å². The summed E-state index contributed by atoms with van der Waals surface area (Å²) in [7, 11) is -2.98. The van der Waals surface area contributed by atoms with Crippen LogP contribution in [0.15, 0.2) is 29.2 Å². The molecule has 0 radical (unpaired) electrons. The first-order chi connectivity index (χ1) is 9.04. The highest BCUT2D eigenvalue weighted by molar-refractivity contribution is 7.94. The second-order valence-corrected chi connectivity index (χ2v) is 4.84. The van der Waals surface area contributed by atoms with Crippen molar-refractivity contribution in [1.29, 1.82) is 0 Å². The second kappa shape index (κ2) is 5.02. The van der Waals surface area contributed by atoms with Gasteiger partial charge in [-0.3, -0.25) is 20.1 Å². The van der Waals surface area contributed by atoms with Gasteiger partial charge in [0.05, 0.1) is 23.5 Å². The average Bonchev–Trinajstić information content (AvgIpc) is 2.90. The van der Waals surface area contributed by atoms with Crippen molar-refractivity contribution in [1.82, 2.24) is 20.6 Å². The van der Waals surface area contributed by atoms with Gasteiger partial charge in [0.15, 0.2) is 0 Å². The number of esters is 1. The zero-order valence-electron chi connectivity index (χ0n) is 9.64. The first-order valence-electron chi connectivity index (χ1n) is 4.93. The van der Waals surface area contributed by atoms with Crippen LogP contribution in [0.1, 0.15) is 10.4 Å². The third-order valence-electron chi connectivity index (χ3n) is 2.11. The maximum Gasteiger partial charge on any atom is 0.339 e. The van der Waals surface area contributed by atoms with E-state index in [0.717, 1.165) is 7.11 Å². The lowest BCUT2D eigenvalue weighted by molar-refractivity contribution is 0.0596. The predicted molar refractivity (Wildman–Crippen MR) is 62.2 cm³/mol. The number of H-pyrrole nitrogens is 1. The van der Waals surface area contributed by atoms with Crippen LogP contribution < -0.4 is 0 Å². The van der Waals surface area contributed by atoms with E-state index in [4.69, 9.17) is 0 Å².